The Hall–Kier alpha value is -0.910. The van der Waals surface area contributed by atoms with Crippen molar-refractivity contribution >= 4 is 10.0 Å². The van der Waals surface area contributed by atoms with E-state index in [-0.39, 0.29) is 19.1 Å². The van der Waals surface area contributed by atoms with Gasteiger partial charge in [-0.15, -0.1) is 0 Å². The Kier molecular flexibility index (Phi) is 5.79. The molecule has 1 aromatic carbocycles. The van der Waals surface area contributed by atoms with Crippen LogP contribution in [0.3, 0.4) is 0 Å². The summed E-state index contributed by atoms with van der Waals surface area (Å²) < 4.78 is 26.8. The maximum absolute atomic E-state index is 12.1. The number of aliphatic hydroxyl groups is 1. The second-order valence-electron chi connectivity index (χ2n) is 6.04. The SMILES string of the molecule is CC(CO)CNS(=O)(=O)c1ccc(C2CCCCC2)cc1. The van der Waals surface area contributed by atoms with Gasteiger partial charge < -0.3 is 5.11 Å². The van der Waals surface area contributed by atoms with E-state index >= 15 is 0 Å². The van der Waals surface area contributed by atoms with Crippen LogP contribution < -0.4 is 4.72 Å². The van der Waals surface area contributed by atoms with Crippen molar-refractivity contribution in [1.82, 2.24) is 4.72 Å². The van der Waals surface area contributed by atoms with Gasteiger partial charge in [-0.1, -0.05) is 38.3 Å². The van der Waals surface area contributed by atoms with Gasteiger partial charge in [0, 0.05) is 13.2 Å². The van der Waals surface area contributed by atoms with E-state index in [4.69, 9.17) is 5.11 Å². The van der Waals surface area contributed by atoms with Gasteiger partial charge in [-0.2, -0.15) is 0 Å². The minimum absolute atomic E-state index is 0.0247. The topological polar surface area (TPSA) is 66.4 Å². The van der Waals surface area contributed by atoms with E-state index in [1.54, 1.807) is 19.1 Å². The largest absolute Gasteiger partial charge is 0.396 e. The van der Waals surface area contributed by atoms with Gasteiger partial charge in [0.2, 0.25) is 10.0 Å². The predicted octanol–water partition coefficient (Wildman–Crippen LogP) is 2.64. The molecule has 1 aromatic rings. The van der Waals surface area contributed by atoms with Crippen molar-refractivity contribution in [3.8, 4) is 0 Å². The zero-order valence-corrected chi connectivity index (χ0v) is 13.4. The lowest BCUT2D eigenvalue weighted by Gasteiger charge is -2.22. The molecule has 2 rings (SSSR count). The van der Waals surface area contributed by atoms with Crippen molar-refractivity contribution in [2.24, 2.45) is 5.92 Å². The quantitative estimate of drug-likeness (QED) is 0.849. The Bertz CT molecular complexity index is 533. The molecule has 1 fully saturated rings. The van der Waals surface area contributed by atoms with E-state index in [0.717, 1.165) is 0 Å². The van der Waals surface area contributed by atoms with Crippen LogP contribution in [0.5, 0.6) is 0 Å². The summed E-state index contributed by atoms with van der Waals surface area (Å²) in [5.74, 6) is 0.499. The molecule has 1 aliphatic rings. The zero-order chi connectivity index (χ0) is 15.3. The Balaban J connectivity index is 2.03. The summed E-state index contributed by atoms with van der Waals surface area (Å²) in [4.78, 5) is 0.298. The second-order valence-corrected chi connectivity index (χ2v) is 7.81. The van der Waals surface area contributed by atoms with Gasteiger partial charge in [-0.25, -0.2) is 13.1 Å². The highest BCUT2D eigenvalue weighted by Gasteiger charge is 2.18. The Morgan fingerprint density at radius 1 is 1.19 bits per heavy atom. The predicted molar refractivity (Wildman–Crippen MR) is 83.7 cm³/mol. The Morgan fingerprint density at radius 2 is 1.81 bits per heavy atom. The molecule has 21 heavy (non-hydrogen) atoms. The van der Waals surface area contributed by atoms with Gasteiger partial charge in [-0.3, -0.25) is 0 Å². The number of hydrogen-bond acceptors (Lipinski definition) is 3. The van der Waals surface area contributed by atoms with Gasteiger partial charge in [-0.05, 0) is 42.4 Å². The molecular weight excluding hydrogens is 286 g/mol. The van der Waals surface area contributed by atoms with Crippen LogP contribution >= 0.6 is 0 Å². The molecule has 118 valence electrons. The standard InChI is InChI=1S/C16H25NO3S/c1-13(12-18)11-17-21(19,20)16-9-7-15(8-10-16)14-5-3-2-4-6-14/h7-10,13-14,17-18H,2-6,11-12H2,1H3. The summed E-state index contributed by atoms with van der Waals surface area (Å²) in [7, 11) is -3.47. The molecule has 0 aromatic heterocycles. The maximum Gasteiger partial charge on any atom is 0.240 e. The number of sulfonamides is 1. The van der Waals surface area contributed by atoms with Crippen molar-refractivity contribution in [3.05, 3.63) is 29.8 Å². The first kappa shape index (κ1) is 16.5. The highest BCUT2D eigenvalue weighted by Crippen LogP contribution is 2.32. The molecule has 1 aliphatic carbocycles. The van der Waals surface area contributed by atoms with Crippen LogP contribution in [0.2, 0.25) is 0 Å². The van der Waals surface area contributed by atoms with E-state index in [2.05, 4.69) is 4.72 Å². The number of nitrogens with one attached hydrogen (secondary N) is 1. The Morgan fingerprint density at radius 3 is 2.38 bits per heavy atom. The van der Waals surface area contributed by atoms with Crippen LogP contribution in [-0.4, -0.2) is 26.7 Å². The van der Waals surface area contributed by atoms with Crippen molar-refractivity contribution < 1.29 is 13.5 Å². The number of rotatable bonds is 6. The molecule has 1 unspecified atom stereocenters. The minimum atomic E-state index is -3.47. The van der Waals surface area contributed by atoms with Crippen molar-refractivity contribution in [2.75, 3.05) is 13.2 Å². The van der Waals surface area contributed by atoms with Crippen LogP contribution in [0.4, 0.5) is 0 Å². The van der Waals surface area contributed by atoms with Crippen LogP contribution in [0.15, 0.2) is 29.2 Å². The molecule has 1 saturated carbocycles. The minimum Gasteiger partial charge on any atom is -0.396 e. The first-order valence-electron chi connectivity index (χ1n) is 7.73. The summed E-state index contributed by atoms with van der Waals surface area (Å²) in [6.45, 7) is 2.03. The smallest absolute Gasteiger partial charge is 0.240 e. The third kappa shape index (κ3) is 4.53. The summed E-state index contributed by atoms with van der Waals surface area (Å²) >= 11 is 0. The number of benzene rings is 1. The van der Waals surface area contributed by atoms with Gasteiger partial charge in [0.25, 0.3) is 0 Å². The molecule has 0 spiro atoms. The van der Waals surface area contributed by atoms with E-state index in [1.807, 2.05) is 12.1 Å². The lowest BCUT2D eigenvalue weighted by molar-refractivity contribution is 0.238. The second kappa shape index (κ2) is 7.38. The lowest BCUT2D eigenvalue weighted by atomic mass is 9.84. The number of hydrogen-bond donors (Lipinski definition) is 2. The molecule has 0 bridgehead atoms. The fourth-order valence-electron chi connectivity index (χ4n) is 2.75. The molecule has 2 N–H and O–H groups in total. The number of aliphatic hydroxyl groups excluding tert-OH is 1. The highest BCUT2D eigenvalue weighted by molar-refractivity contribution is 7.89. The highest BCUT2D eigenvalue weighted by atomic mass is 32.2. The molecule has 0 radical (unpaired) electrons. The summed E-state index contributed by atoms with van der Waals surface area (Å²) in [5.41, 5.74) is 1.25. The molecule has 0 aliphatic heterocycles. The molecule has 5 heteroatoms. The van der Waals surface area contributed by atoms with Crippen LogP contribution in [0.25, 0.3) is 0 Å². The van der Waals surface area contributed by atoms with E-state index in [0.29, 0.717) is 10.8 Å². The molecule has 1 atom stereocenters. The van der Waals surface area contributed by atoms with Gasteiger partial charge in [0.1, 0.15) is 0 Å². The molecule has 0 saturated heterocycles. The van der Waals surface area contributed by atoms with E-state index < -0.39 is 10.0 Å². The first-order valence-corrected chi connectivity index (χ1v) is 9.21. The summed E-state index contributed by atoms with van der Waals surface area (Å²) in [6.07, 6.45) is 6.27. The monoisotopic (exact) mass is 311 g/mol. The lowest BCUT2D eigenvalue weighted by Crippen LogP contribution is -2.29. The molecule has 4 nitrogen and oxygen atoms in total. The summed E-state index contributed by atoms with van der Waals surface area (Å²) in [5, 5.41) is 8.95. The maximum atomic E-state index is 12.1. The third-order valence-corrected chi connectivity index (χ3v) is 5.64. The van der Waals surface area contributed by atoms with Crippen molar-refractivity contribution in [2.45, 2.75) is 49.8 Å². The molecular formula is C16H25NO3S. The zero-order valence-electron chi connectivity index (χ0n) is 12.6. The van der Waals surface area contributed by atoms with Crippen molar-refractivity contribution in [1.29, 1.82) is 0 Å². The first-order chi connectivity index (χ1) is 10.0. The van der Waals surface area contributed by atoms with Crippen LogP contribution in [0.1, 0.15) is 50.5 Å². The molecule has 0 amide bonds. The van der Waals surface area contributed by atoms with E-state index in [9.17, 15) is 8.42 Å². The molecule has 0 heterocycles. The third-order valence-electron chi connectivity index (χ3n) is 4.20. The van der Waals surface area contributed by atoms with Gasteiger partial charge in [0.05, 0.1) is 4.90 Å². The normalized spacial score (nSPS) is 18.6. The fraction of sp³-hybridized carbons (Fsp3) is 0.625. The van der Waals surface area contributed by atoms with Crippen LogP contribution in [-0.2, 0) is 10.0 Å². The fourth-order valence-corrected chi connectivity index (χ4v) is 3.92. The van der Waals surface area contributed by atoms with Crippen LogP contribution in [0, 0.1) is 5.92 Å². The van der Waals surface area contributed by atoms with Crippen molar-refractivity contribution in [3.63, 3.8) is 0 Å². The van der Waals surface area contributed by atoms with Gasteiger partial charge >= 0.3 is 0 Å². The average molecular weight is 311 g/mol. The van der Waals surface area contributed by atoms with E-state index in [1.165, 1.54) is 37.7 Å². The Labute approximate surface area is 127 Å². The summed E-state index contributed by atoms with van der Waals surface area (Å²) in [6, 6.07) is 7.27. The van der Waals surface area contributed by atoms with Gasteiger partial charge in [0.15, 0.2) is 0 Å². The average Bonchev–Trinajstić information content (AvgIpc) is 2.53.